The number of pyridine rings is 2. The molecule has 26 heavy (non-hydrogen) atoms. The first-order chi connectivity index (χ1) is 12.6. The summed E-state index contributed by atoms with van der Waals surface area (Å²) in [6.07, 6.45) is 2.32. The lowest BCUT2D eigenvalue weighted by atomic mass is 10.2. The highest BCUT2D eigenvalue weighted by Crippen LogP contribution is 2.37. The molecule has 0 unspecified atom stereocenters. The number of fused-ring (bicyclic) bond motifs is 2. The number of carbonyl (C=O) groups is 2. The minimum absolute atomic E-state index is 0.175. The van der Waals surface area contributed by atoms with Gasteiger partial charge in [-0.05, 0) is 37.1 Å². The zero-order valence-corrected chi connectivity index (χ0v) is 14.9. The van der Waals surface area contributed by atoms with Crippen molar-refractivity contribution in [3.8, 4) is 0 Å². The number of aromatic nitrogens is 2. The molecule has 0 fully saturated rings. The van der Waals surface area contributed by atoms with Crippen molar-refractivity contribution >= 4 is 29.2 Å². The molecule has 8 heteroatoms. The van der Waals surface area contributed by atoms with E-state index in [0.717, 1.165) is 0 Å². The number of rotatable bonds is 5. The lowest BCUT2D eigenvalue weighted by molar-refractivity contribution is 0.0594. The van der Waals surface area contributed by atoms with Crippen LogP contribution in [0.15, 0.2) is 24.4 Å². The van der Waals surface area contributed by atoms with Crippen molar-refractivity contribution in [1.29, 1.82) is 0 Å². The number of ether oxygens (including phenoxy) is 2. The first-order valence-electron chi connectivity index (χ1n) is 8.19. The third kappa shape index (κ3) is 3.23. The predicted molar refractivity (Wildman–Crippen MR) is 96.0 cm³/mol. The van der Waals surface area contributed by atoms with E-state index in [2.05, 4.69) is 15.3 Å². The Kier molecular flexibility index (Phi) is 5.13. The second kappa shape index (κ2) is 7.49. The van der Waals surface area contributed by atoms with Crippen molar-refractivity contribution in [2.45, 2.75) is 13.3 Å². The van der Waals surface area contributed by atoms with Gasteiger partial charge in [-0.2, -0.15) is 0 Å². The summed E-state index contributed by atoms with van der Waals surface area (Å²) in [5, 5.41) is 2.88. The van der Waals surface area contributed by atoms with Crippen molar-refractivity contribution < 1.29 is 19.1 Å². The van der Waals surface area contributed by atoms with Crippen molar-refractivity contribution in [1.82, 2.24) is 9.97 Å². The second-order valence-electron chi connectivity index (χ2n) is 5.84. The topological polar surface area (TPSA) is 93.7 Å². The molecule has 0 saturated carbocycles. The highest BCUT2D eigenvalue weighted by molar-refractivity contribution is 6.12. The zero-order chi connectivity index (χ0) is 18.7. The fourth-order valence-corrected chi connectivity index (χ4v) is 2.86. The van der Waals surface area contributed by atoms with Crippen LogP contribution in [-0.2, 0) is 9.47 Å². The van der Waals surface area contributed by atoms with Crippen LogP contribution in [0.2, 0.25) is 0 Å². The molecule has 136 valence electrons. The summed E-state index contributed by atoms with van der Waals surface area (Å²) in [6.45, 7) is 2.88. The van der Waals surface area contributed by atoms with Crippen molar-refractivity contribution in [3.05, 3.63) is 41.2 Å². The number of amides is 1. The summed E-state index contributed by atoms with van der Waals surface area (Å²) in [6, 6.07) is 5.02. The molecule has 3 rings (SSSR count). The van der Waals surface area contributed by atoms with E-state index in [4.69, 9.17) is 9.47 Å². The van der Waals surface area contributed by atoms with E-state index in [1.54, 1.807) is 31.5 Å². The highest BCUT2D eigenvalue weighted by atomic mass is 16.5. The van der Waals surface area contributed by atoms with Crippen LogP contribution in [0.3, 0.4) is 0 Å². The van der Waals surface area contributed by atoms with Gasteiger partial charge in [0.05, 0.1) is 18.4 Å². The third-order valence-corrected chi connectivity index (χ3v) is 4.10. The average molecular weight is 356 g/mol. The van der Waals surface area contributed by atoms with E-state index in [1.807, 2.05) is 11.8 Å². The second-order valence-corrected chi connectivity index (χ2v) is 5.84. The minimum atomic E-state index is -0.537. The van der Waals surface area contributed by atoms with Gasteiger partial charge in [0.25, 0.3) is 5.91 Å². The van der Waals surface area contributed by atoms with Crippen LogP contribution >= 0.6 is 0 Å². The van der Waals surface area contributed by atoms with Crippen LogP contribution in [-0.4, -0.2) is 49.2 Å². The molecule has 3 heterocycles. The zero-order valence-electron chi connectivity index (χ0n) is 14.9. The molecule has 0 spiro atoms. The van der Waals surface area contributed by atoms with Crippen LogP contribution in [0.1, 0.15) is 32.8 Å². The average Bonchev–Trinajstić information content (AvgIpc) is 2.77. The smallest absolute Gasteiger partial charge is 0.356 e. The van der Waals surface area contributed by atoms with Gasteiger partial charge in [0.1, 0.15) is 5.82 Å². The van der Waals surface area contributed by atoms with Gasteiger partial charge in [-0.15, -0.1) is 0 Å². The van der Waals surface area contributed by atoms with E-state index >= 15 is 0 Å². The summed E-state index contributed by atoms with van der Waals surface area (Å²) in [7, 11) is 2.94. The van der Waals surface area contributed by atoms with E-state index in [0.29, 0.717) is 48.0 Å². The summed E-state index contributed by atoms with van der Waals surface area (Å²) in [5.74, 6) is 0.157. The Morgan fingerprint density at radius 3 is 2.85 bits per heavy atom. The normalized spacial score (nSPS) is 12.7. The molecule has 8 nitrogen and oxygen atoms in total. The number of methoxy groups -OCH3 is 2. The van der Waals surface area contributed by atoms with Crippen LogP contribution in [0.4, 0.5) is 17.3 Å². The molecule has 2 aromatic rings. The maximum Gasteiger partial charge on any atom is 0.356 e. The van der Waals surface area contributed by atoms with Gasteiger partial charge >= 0.3 is 5.97 Å². The molecule has 1 aliphatic heterocycles. The van der Waals surface area contributed by atoms with Crippen LogP contribution in [0.5, 0.6) is 0 Å². The number of nitrogens with zero attached hydrogens (tertiary/aromatic N) is 3. The van der Waals surface area contributed by atoms with Gasteiger partial charge in [0.2, 0.25) is 0 Å². The molecule has 0 radical (unpaired) electrons. The van der Waals surface area contributed by atoms with Gasteiger partial charge in [0, 0.05) is 26.5 Å². The SMILES string of the molecule is COCCCN1c2ncccc2C(=O)Nc2c(C)cc(C(=O)OC)nc21. The molecule has 0 bridgehead atoms. The van der Waals surface area contributed by atoms with Crippen LogP contribution in [0.25, 0.3) is 0 Å². The number of hydrogen-bond acceptors (Lipinski definition) is 7. The fourth-order valence-electron chi connectivity index (χ4n) is 2.86. The summed E-state index contributed by atoms with van der Waals surface area (Å²) < 4.78 is 9.94. The largest absolute Gasteiger partial charge is 0.464 e. The summed E-state index contributed by atoms with van der Waals surface area (Å²) >= 11 is 0. The minimum Gasteiger partial charge on any atom is -0.464 e. The lowest BCUT2D eigenvalue weighted by Crippen LogP contribution is -2.23. The molecule has 1 aliphatic rings. The highest BCUT2D eigenvalue weighted by Gasteiger charge is 2.29. The van der Waals surface area contributed by atoms with Crippen LogP contribution in [0, 0.1) is 6.92 Å². The molecular weight excluding hydrogens is 336 g/mol. The number of anilines is 3. The van der Waals surface area contributed by atoms with Gasteiger partial charge in [-0.25, -0.2) is 14.8 Å². The molecule has 0 saturated heterocycles. The lowest BCUT2D eigenvalue weighted by Gasteiger charge is -2.24. The van der Waals surface area contributed by atoms with Crippen LogP contribution < -0.4 is 10.2 Å². The molecule has 1 N–H and O–H groups in total. The molecule has 2 aromatic heterocycles. The van der Waals surface area contributed by atoms with Crippen molar-refractivity contribution in [2.75, 3.05) is 37.6 Å². The Labute approximate surface area is 151 Å². The first kappa shape index (κ1) is 17.8. The molecular formula is C18H20N4O4. The molecule has 1 amide bonds. The first-order valence-corrected chi connectivity index (χ1v) is 8.19. The number of carbonyl (C=O) groups excluding carboxylic acids is 2. The third-order valence-electron chi connectivity index (χ3n) is 4.10. The number of esters is 1. The van der Waals surface area contributed by atoms with E-state index in [1.165, 1.54) is 7.11 Å². The Balaban J connectivity index is 2.18. The van der Waals surface area contributed by atoms with E-state index in [9.17, 15) is 9.59 Å². The Bertz CT molecular complexity index is 853. The maximum atomic E-state index is 12.6. The number of hydrogen-bond donors (Lipinski definition) is 1. The maximum absolute atomic E-state index is 12.6. The quantitative estimate of drug-likeness (QED) is 0.649. The van der Waals surface area contributed by atoms with Gasteiger partial charge in [-0.1, -0.05) is 0 Å². The van der Waals surface area contributed by atoms with E-state index in [-0.39, 0.29) is 11.6 Å². The molecule has 0 aliphatic carbocycles. The van der Waals surface area contributed by atoms with Gasteiger partial charge < -0.3 is 19.7 Å². The van der Waals surface area contributed by atoms with Gasteiger partial charge in [-0.3, -0.25) is 4.79 Å². The Morgan fingerprint density at radius 2 is 2.12 bits per heavy atom. The standard InChI is InChI=1S/C18H20N4O4/c1-11-10-13(18(24)26-3)20-16-14(11)21-17(23)12-6-4-7-19-15(12)22(16)8-5-9-25-2/h4,6-7,10H,5,8-9H2,1-3H3,(H,21,23). The Hall–Kier alpha value is -3.00. The number of nitrogens with one attached hydrogen (secondary N) is 1. The summed E-state index contributed by atoms with van der Waals surface area (Å²) in [4.78, 5) is 35.3. The molecule has 0 aromatic carbocycles. The molecule has 0 atom stereocenters. The van der Waals surface area contributed by atoms with Gasteiger partial charge in [0.15, 0.2) is 11.5 Å². The summed E-state index contributed by atoms with van der Waals surface area (Å²) in [5.41, 5.74) is 1.89. The van der Waals surface area contributed by atoms with Crippen molar-refractivity contribution in [2.24, 2.45) is 0 Å². The monoisotopic (exact) mass is 356 g/mol. The van der Waals surface area contributed by atoms with E-state index < -0.39 is 5.97 Å². The van der Waals surface area contributed by atoms with Crippen molar-refractivity contribution in [3.63, 3.8) is 0 Å². The fraction of sp³-hybridized carbons (Fsp3) is 0.333. The Morgan fingerprint density at radius 1 is 1.31 bits per heavy atom. The predicted octanol–water partition coefficient (Wildman–Crippen LogP) is 2.31. The number of aryl methyl sites for hydroxylation is 1.